The van der Waals surface area contributed by atoms with Crippen LogP contribution in [0.25, 0.3) is 0 Å². The van der Waals surface area contributed by atoms with E-state index in [-0.39, 0.29) is 5.56 Å². The van der Waals surface area contributed by atoms with Crippen LogP contribution in [0.3, 0.4) is 0 Å². The number of halogens is 6. The molecule has 0 amide bonds. The summed E-state index contributed by atoms with van der Waals surface area (Å²) >= 11 is 0. The third kappa shape index (κ3) is 4.98. The lowest BCUT2D eigenvalue weighted by Crippen LogP contribution is -2.24. The van der Waals surface area contributed by atoms with E-state index in [1.807, 2.05) is 0 Å². The molecule has 1 atom stereocenters. The summed E-state index contributed by atoms with van der Waals surface area (Å²) in [7, 11) is -4.93. The topological polar surface area (TPSA) is 51.2 Å². The van der Waals surface area contributed by atoms with Gasteiger partial charge in [0.1, 0.15) is 0 Å². The Morgan fingerprint density at radius 2 is 1.16 bits per heavy atom. The lowest BCUT2D eigenvalue weighted by molar-refractivity contribution is -0.143. The Labute approximate surface area is 181 Å². The summed E-state index contributed by atoms with van der Waals surface area (Å²) < 4.78 is 95.4. The molecule has 1 unspecified atom stereocenters. The maximum atomic E-state index is 13.9. The number of hydrogen-bond donors (Lipinski definition) is 0. The predicted octanol–water partition coefficient (Wildman–Crippen LogP) is 7.34. The molecule has 0 saturated carbocycles. The lowest BCUT2D eigenvalue weighted by Gasteiger charge is -2.24. The van der Waals surface area contributed by atoms with Crippen LogP contribution in [0.2, 0.25) is 0 Å². The van der Waals surface area contributed by atoms with Crippen molar-refractivity contribution in [1.29, 1.82) is 0 Å². The van der Waals surface area contributed by atoms with Crippen LogP contribution in [0.15, 0.2) is 36.4 Å². The van der Waals surface area contributed by atoms with E-state index in [1.165, 1.54) is 39.8 Å². The Balaban J connectivity index is 2.89. The molecule has 0 spiro atoms. The number of rotatable bonds is 6. The molecule has 2 aromatic rings. The number of benzene rings is 2. The third-order valence-corrected chi connectivity index (χ3v) is 7.87. The Kier molecular flexibility index (Phi) is 7.15. The van der Waals surface area contributed by atoms with Gasteiger partial charge in [0.05, 0.1) is 16.7 Å². The summed E-state index contributed by atoms with van der Waals surface area (Å²) in [6.07, 6.45) is -11.3. The van der Waals surface area contributed by atoms with E-state index >= 15 is 0 Å². The number of carbonyl (C=O) groups is 2. The summed E-state index contributed by atoms with van der Waals surface area (Å²) in [5, 5.41) is 0. The summed E-state index contributed by atoms with van der Waals surface area (Å²) in [5.41, 5.74) is -8.22. The second kappa shape index (κ2) is 8.85. The molecular weight excluding hydrogens is 457 g/mol. The van der Waals surface area contributed by atoms with Gasteiger partial charge in [-0.2, -0.15) is 26.3 Å². The molecule has 174 valence electrons. The number of aryl methyl sites for hydroxylation is 2. The Morgan fingerprint density at radius 3 is 1.53 bits per heavy atom. The van der Waals surface area contributed by atoms with Crippen LogP contribution in [0.5, 0.6) is 0 Å². The van der Waals surface area contributed by atoms with Crippen molar-refractivity contribution in [3.63, 3.8) is 0 Å². The molecule has 0 aliphatic rings. The first-order chi connectivity index (χ1) is 14.5. The van der Waals surface area contributed by atoms with Crippen LogP contribution >= 0.6 is 7.14 Å². The van der Waals surface area contributed by atoms with Gasteiger partial charge in [0.25, 0.3) is 0 Å². The molecule has 0 saturated heterocycles. The van der Waals surface area contributed by atoms with E-state index in [2.05, 4.69) is 0 Å². The molecule has 0 aliphatic carbocycles. The van der Waals surface area contributed by atoms with Gasteiger partial charge in [0.15, 0.2) is 0 Å². The molecule has 0 aromatic heterocycles. The lowest BCUT2D eigenvalue weighted by atomic mass is 10.0. The normalized spacial score (nSPS) is 14.3. The van der Waals surface area contributed by atoms with Gasteiger partial charge >= 0.3 is 12.4 Å². The van der Waals surface area contributed by atoms with Crippen LogP contribution in [-0.4, -0.2) is 17.2 Å². The van der Waals surface area contributed by atoms with Gasteiger partial charge < -0.3 is 4.57 Å². The van der Waals surface area contributed by atoms with Crippen molar-refractivity contribution in [2.75, 3.05) is 6.16 Å². The van der Waals surface area contributed by atoms with Crippen LogP contribution in [0, 0.1) is 19.8 Å². The molecular formula is C22H21F6O3P. The predicted molar refractivity (Wildman–Crippen MR) is 108 cm³/mol. The van der Waals surface area contributed by atoms with Crippen molar-refractivity contribution in [3.8, 4) is 0 Å². The fraction of sp³-hybridized carbons (Fsp3) is 0.364. The minimum Gasteiger partial charge on any atom is -0.307 e. The molecule has 0 heterocycles. The van der Waals surface area contributed by atoms with E-state index in [1.54, 1.807) is 6.07 Å². The second-order valence-corrected chi connectivity index (χ2v) is 10.6. The molecule has 0 N–H and O–H groups in total. The molecule has 0 radical (unpaired) electrons. The van der Waals surface area contributed by atoms with E-state index in [0.29, 0.717) is 29.3 Å². The second-order valence-electron chi connectivity index (χ2n) is 7.92. The van der Waals surface area contributed by atoms with Crippen molar-refractivity contribution in [1.82, 2.24) is 0 Å². The van der Waals surface area contributed by atoms with Crippen LogP contribution < -0.4 is 0 Å². The minimum atomic E-state index is -5.34. The fourth-order valence-corrected chi connectivity index (χ4v) is 6.40. The number of carbonyl (C=O) groups excluding carboxylic acids is 2. The SMILES string of the molecule is Cc1cccc(C)c1C(=O)P(=O)(CC(C)C)C(=O)c1c(C(F)(F)F)cccc1C(F)(F)F. The van der Waals surface area contributed by atoms with Gasteiger partial charge in [-0.15, -0.1) is 0 Å². The molecule has 0 aliphatic heterocycles. The van der Waals surface area contributed by atoms with Crippen LogP contribution in [0.4, 0.5) is 26.3 Å². The monoisotopic (exact) mass is 478 g/mol. The quantitative estimate of drug-likeness (QED) is 0.322. The van der Waals surface area contributed by atoms with Crippen molar-refractivity contribution < 1.29 is 40.5 Å². The Morgan fingerprint density at radius 1 is 0.781 bits per heavy atom. The van der Waals surface area contributed by atoms with Gasteiger partial charge in [-0.1, -0.05) is 38.1 Å². The smallest absolute Gasteiger partial charge is 0.307 e. The fourth-order valence-electron chi connectivity index (χ4n) is 3.54. The standard InChI is InChI=1S/C22H21F6O3P/c1-12(2)11-32(31,19(29)17-13(3)7-5-8-14(17)4)20(30)18-15(21(23,24)25)9-6-10-16(18)22(26,27)28/h5-10,12H,11H2,1-4H3. The van der Waals surface area contributed by atoms with E-state index in [0.717, 1.165) is 0 Å². The van der Waals surface area contributed by atoms with Crippen LogP contribution in [-0.2, 0) is 16.9 Å². The summed E-state index contributed by atoms with van der Waals surface area (Å²) in [5.74, 6) is -0.620. The first-order valence-electron chi connectivity index (χ1n) is 9.54. The maximum Gasteiger partial charge on any atom is 0.417 e. The van der Waals surface area contributed by atoms with E-state index in [4.69, 9.17) is 0 Å². The molecule has 2 aromatic carbocycles. The maximum absolute atomic E-state index is 13.9. The minimum absolute atomic E-state index is 0.136. The van der Waals surface area contributed by atoms with Gasteiger partial charge in [0.2, 0.25) is 18.2 Å². The van der Waals surface area contributed by atoms with Gasteiger partial charge in [-0.3, -0.25) is 9.59 Å². The average molecular weight is 478 g/mol. The summed E-state index contributed by atoms with van der Waals surface area (Å²) in [6.45, 7) is 5.90. The van der Waals surface area contributed by atoms with Crippen molar-refractivity contribution >= 4 is 18.2 Å². The molecule has 32 heavy (non-hydrogen) atoms. The highest BCUT2D eigenvalue weighted by atomic mass is 31.2. The zero-order valence-electron chi connectivity index (χ0n) is 17.7. The molecule has 0 fully saturated rings. The molecule has 2 rings (SSSR count). The number of hydrogen-bond acceptors (Lipinski definition) is 3. The van der Waals surface area contributed by atoms with E-state index < -0.39 is 59.3 Å². The highest BCUT2D eigenvalue weighted by Crippen LogP contribution is 2.56. The molecule has 10 heteroatoms. The Hall–Kier alpha value is -2.41. The first kappa shape index (κ1) is 25.8. The first-order valence-corrected chi connectivity index (χ1v) is 11.4. The molecule has 0 bridgehead atoms. The summed E-state index contributed by atoms with van der Waals surface area (Å²) in [4.78, 5) is 26.6. The zero-order valence-corrected chi connectivity index (χ0v) is 18.6. The highest BCUT2D eigenvalue weighted by molar-refractivity contribution is 7.95. The summed E-state index contributed by atoms with van der Waals surface area (Å²) in [6, 6.07) is 5.68. The largest absolute Gasteiger partial charge is 0.417 e. The average Bonchev–Trinajstić information content (AvgIpc) is 2.64. The number of alkyl halides is 6. The third-order valence-electron chi connectivity index (χ3n) is 4.86. The van der Waals surface area contributed by atoms with E-state index in [9.17, 15) is 40.5 Å². The van der Waals surface area contributed by atoms with Crippen molar-refractivity contribution in [2.24, 2.45) is 5.92 Å². The van der Waals surface area contributed by atoms with Crippen molar-refractivity contribution in [3.05, 3.63) is 69.8 Å². The van der Waals surface area contributed by atoms with Crippen LogP contribution in [0.1, 0.15) is 56.8 Å². The zero-order chi connectivity index (χ0) is 24.6. The highest BCUT2D eigenvalue weighted by Gasteiger charge is 2.49. The van der Waals surface area contributed by atoms with Crippen molar-refractivity contribution in [2.45, 2.75) is 40.0 Å². The van der Waals surface area contributed by atoms with Gasteiger partial charge in [-0.05, 0) is 43.0 Å². The molecule has 3 nitrogen and oxygen atoms in total. The van der Waals surface area contributed by atoms with Gasteiger partial charge in [0, 0.05) is 11.7 Å². The Bertz CT molecular complexity index is 1050. The van der Waals surface area contributed by atoms with Gasteiger partial charge in [-0.25, -0.2) is 0 Å².